The predicted molar refractivity (Wildman–Crippen MR) is 129 cm³/mol. The van der Waals surface area contributed by atoms with Crippen molar-refractivity contribution in [3.63, 3.8) is 0 Å². The van der Waals surface area contributed by atoms with Gasteiger partial charge in [-0.15, -0.1) is 0 Å². The highest BCUT2D eigenvalue weighted by Gasteiger charge is 2.09. The molecule has 3 N–H and O–H groups in total. The number of methoxy groups -OCH3 is 2. The highest BCUT2D eigenvalue weighted by atomic mass is 16.5. The van der Waals surface area contributed by atoms with Crippen molar-refractivity contribution in [2.24, 2.45) is 0 Å². The van der Waals surface area contributed by atoms with Crippen LogP contribution in [0, 0.1) is 0 Å². The highest BCUT2D eigenvalue weighted by Crippen LogP contribution is 2.33. The van der Waals surface area contributed by atoms with Crippen LogP contribution in [0.5, 0.6) is 23.0 Å². The molecule has 0 fully saturated rings. The fourth-order valence-electron chi connectivity index (χ4n) is 3.10. The largest absolute Gasteiger partial charge is 0.504 e. The Morgan fingerprint density at radius 1 is 0.906 bits per heavy atom. The maximum absolute atomic E-state index is 10.4. The van der Waals surface area contributed by atoms with E-state index in [1.54, 1.807) is 31.4 Å². The molecule has 0 atom stereocenters. The second-order valence-electron chi connectivity index (χ2n) is 7.56. The molecule has 0 saturated carbocycles. The third-order valence-electron chi connectivity index (χ3n) is 4.85. The first-order valence-electron chi connectivity index (χ1n) is 10.2. The van der Waals surface area contributed by atoms with E-state index in [2.05, 4.69) is 16.3 Å². The summed E-state index contributed by atoms with van der Waals surface area (Å²) in [6.45, 7) is 4.06. The minimum absolute atomic E-state index is 0.105. The topological polar surface area (TPSA) is 87.6 Å². The number of phenolic OH excluding ortho intramolecular Hbond substituents is 2. The SMILES string of the molecule is COc1cc(/C=C/c2cc(/C=C/c3cc(CC=C(C)C)c(O)c(OC)c3)n[nH]2)ccc1O. The molecule has 0 aliphatic rings. The van der Waals surface area contributed by atoms with Crippen molar-refractivity contribution in [3.05, 3.63) is 76.1 Å². The summed E-state index contributed by atoms with van der Waals surface area (Å²) in [6, 6.07) is 10.8. The maximum atomic E-state index is 10.4. The van der Waals surface area contributed by atoms with Gasteiger partial charge in [0, 0.05) is 5.56 Å². The first-order valence-corrected chi connectivity index (χ1v) is 10.2. The number of allylic oxidation sites excluding steroid dienone is 2. The zero-order valence-electron chi connectivity index (χ0n) is 18.7. The Labute approximate surface area is 188 Å². The number of hydrogen-bond acceptors (Lipinski definition) is 5. The lowest BCUT2D eigenvalue weighted by Crippen LogP contribution is -1.91. The van der Waals surface area contributed by atoms with E-state index >= 15 is 0 Å². The predicted octanol–water partition coefficient (Wildman–Crippen LogP) is 5.69. The summed E-state index contributed by atoms with van der Waals surface area (Å²) in [7, 11) is 3.06. The number of hydrogen-bond donors (Lipinski definition) is 3. The van der Waals surface area contributed by atoms with E-state index in [0.717, 1.165) is 28.1 Å². The summed E-state index contributed by atoms with van der Waals surface area (Å²) in [5.41, 5.74) is 5.40. The second-order valence-corrected chi connectivity index (χ2v) is 7.56. The van der Waals surface area contributed by atoms with Gasteiger partial charge in [0.25, 0.3) is 0 Å². The van der Waals surface area contributed by atoms with Crippen molar-refractivity contribution < 1.29 is 19.7 Å². The van der Waals surface area contributed by atoms with Gasteiger partial charge < -0.3 is 19.7 Å². The Balaban J connectivity index is 1.77. The Bertz CT molecular complexity index is 1170. The number of H-pyrrole nitrogens is 1. The Kier molecular flexibility index (Phi) is 7.39. The minimum Gasteiger partial charge on any atom is -0.504 e. The third kappa shape index (κ3) is 5.82. The summed E-state index contributed by atoms with van der Waals surface area (Å²) >= 11 is 0. The molecule has 32 heavy (non-hydrogen) atoms. The van der Waals surface area contributed by atoms with Gasteiger partial charge in [0.2, 0.25) is 0 Å². The van der Waals surface area contributed by atoms with Gasteiger partial charge in [-0.1, -0.05) is 29.9 Å². The van der Waals surface area contributed by atoms with E-state index in [0.29, 0.717) is 17.9 Å². The molecule has 0 saturated heterocycles. The number of aromatic hydroxyl groups is 2. The van der Waals surface area contributed by atoms with E-state index < -0.39 is 0 Å². The van der Waals surface area contributed by atoms with Gasteiger partial charge in [-0.3, -0.25) is 5.10 Å². The number of nitrogens with zero attached hydrogens (tertiary/aromatic N) is 1. The van der Waals surface area contributed by atoms with E-state index in [9.17, 15) is 10.2 Å². The molecular weight excluding hydrogens is 404 g/mol. The maximum Gasteiger partial charge on any atom is 0.161 e. The first-order chi connectivity index (χ1) is 15.4. The summed E-state index contributed by atoms with van der Waals surface area (Å²) in [6.07, 6.45) is 10.3. The Morgan fingerprint density at radius 3 is 2.34 bits per heavy atom. The van der Waals surface area contributed by atoms with E-state index in [-0.39, 0.29) is 11.5 Å². The Hall–Kier alpha value is -3.93. The van der Waals surface area contributed by atoms with Gasteiger partial charge in [0.15, 0.2) is 23.0 Å². The van der Waals surface area contributed by atoms with E-state index in [4.69, 9.17) is 9.47 Å². The fraction of sp³-hybridized carbons (Fsp3) is 0.192. The minimum atomic E-state index is 0.105. The number of ether oxygens (including phenoxy) is 2. The summed E-state index contributed by atoms with van der Waals surface area (Å²) in [4.78, 5) is 0. The van der Waals surface area contributed by atoms with Gasteiger partial charge in [-0.05, 0) is 73.9 Å². The molecular formula is C26H28N2O4. The summed E-state index contributed by atoms with van der Waals surface area (Å²) in [5, 5.41) is 27.4. The van der Waals surface area contributed by atoms with Crippen LogP contribution >= 0.6 is 0 Å². The van der Waals surface area contributed by atoms with Gasteiger partial charge in [0.1, 0.15) is 0 Å². The molecule has 0 aliphatic heterocycles. The molecule has 3 aromatic rings. The fourth-order valence-corrected chi connectivity index (χ4v) is 3.10. The van der Waals surface area contributed by atoms with Crippen LogP contribution < -0.4 is 9.47 Å². The van der Waals surface area contributed by atoms with Gasteiger partial charge in [0.05, 0.1) is 25.6 Å². The quantitative estimate of drug-likeness (QED) is 0.398. The van der Waals surface area contributed by atoms with E-state index in [1.165, 1.54) is 12.7 Å². The van der Waals surface area contributed by atoms with Gasteiger partial charge in [-0.2, -0.15) is 5.10 Å². The first kappa shape index (κ1) is 22.7. The summed E-state index contributed by atoms with van der Waals surface area (Å²) < 4.78 is 10.5. The van der Waals surface area contributed by atoms with Crippen LogP contribution in [0.3, 0.4) is 0 Å². The molecule has 0 aliphatic carbocycles. The van der Waals surface area contributed by atoms with Crippen LogP contribution in [0.4, 0.5) is 0 Å². The molecule has 1 aromatic heterocycles. The normalized spacial score (nSPS) is 11.2. The van der Waals surface area contributed by atoms with Crippen molar-refractivity contribution in [3.8, 4) is 23.0 Å². The smallest absolute Gasteiger partial charge is 0.161 e. The number of rotatable bonds is 8. The molecule has 3 rings (SSSR count). The van der Waals surface area contributed by atoms with Crippen molar-refractivity contribution in [2.45, 2.75) is 20.3 Å². The third-order valence-corrected chi connectivity index (χ3v) is 4.85. The summed E-state index contributed by atoms with van der Waals surface area (Å²) in [5.74, 6) is 1.14. The molecule has 6 heteroatoms. The molecule has 0 spiro atoms. The highest BCUT2D eigenvalue weighted by molar-refractivity contribution is 5.73. The number of nitrogens with one attached hydrogen (secondary N) is 1. The van der Waals surface area contributed by atoms with Crippen LogP contribution in [0.15, 0.2) is 48.0 Å². The van der Waals surface area contributed by atoms with Crippen LogP contribution in [0.1, 0.15) is 41.9 Å². The van der Waals surface area contributed by atoms with Crippen molar-refractivity contribution in [1.29, 1.82) is 0 Å². The molecule has 0 unspecified atom stereocenters. The molecule has 0 amide bonds. The van der Waals surface area contributed by atoms with Crippen LogP contribution in [-0.4, -0.2) is 34.6 Å². The van der Waals surface area contributed by atoms with Crippen LogP contribution in [0.2, 0.25) is 0 Å². The number of aromatic nitrogens is 2. The van der Waals surface area contributed by atoms with Crippen molar-refractivity contribution in [2.75, 3.05) is 14.2 Å². The zero-order chi connectivity index (χ0) is 23.1. The standard InChI is InChI=1S/C26H28N2O4/c1-17(2)5-9-20-13-19(15-25(32-4)26(20)30)7-11-22-16-21(27-28-22)10-6-18-8-12-23(29)24(14-18)31-3/h5-8,10-16,29-30H,9H2,1-4H3,(H,27,28)/b10-6+,11-7+. The second kappa shape index (κ2) is 10.4. The molecule has 1 heterocycles. The lowest BCUT2D eigenvalue weighted by atomic mass is 10.0. The van der Waals surface area contributed by atoms with Crippen LogP contribution in [0.25, 0.3) is 24.3 Å². The average molecular weight is 433 g/mol. The zero-order valence-corrected chi connectivity index (χ0v) is 18.7. The molecule has 2 aromatic carbocycles. The van der Waals surface area contributed by atoms with Crippen LogP contribution in [-0.2, 0) is 6.42 Å². The molecule has 6 nitrogen and oxygen atoms in total. The lowest BCUT2D eigenvalue weighted by molar-refractivity contribution is 0.371. The monoisotopic (exact) mass is 432 g/mol. The number of benzene rings is 2. The average Bonchev–Trinajstić information content (AvgIpc) is 3.24. The van der Waals surface area contributed by atoms with Gasteiger partial charge >= 0.3 is 0 Å². The van der Waals surface area contributed by atoms with Gasteiger partial charge in [-0.25, -0.2) is 0 Å². The molecule has 0 bridgehead atoms. The lowest BCUT2D eigenvalue weighted by Gasteiger charge is -2.09. The molecule has 166 valence electrons. The number of aromatic amines is 1. The van der Waals surface area contributed by atoms with E-state index in [1.807, 2.05) is 50.3 Å². The number of phenols is 2. The van der Waals surface area contributed by atoms with Crippen molar-refractivity contribution in [1.82, 2.24) is 10.2 Å². The molecule has 0 radical (unpaired) electrons. The van der Waals surface area contributed by atoms with Crippen molar-refractivity contribution >= 4 is 24.3 Å². The Morgan fingerprint density at radius 2 is 1.62 bits per heavy atom.